The number of phenols is 1. The van der Waals surface area contributed by atoms with Gasteiger partial charge in [0.05, 0.1) is 0 Å². The smallest absolute Gasteiger partial charge is 0.341 e. The number of para-hydroxylation sites is 1. The number of carboxylic acids is 1. The van der Waals surface area contributed by atoms with Crippen molar-refractivity contribution in [3.05, 3.63) is 48.5 Å². The van der Waals surface area contributed by atoms with Gasteiger partial charge in [-0.3, -0.25) is 0 Å². The minimum absolute atomic E-state index is 0.00797. The van der Waals surface area contributed by atoms with Crippen molar-refractivity contribution in [2.75, 3.05) is 6.61 Å². The van der Waals surface area contributed by atoms with E-state index in [9.17, 15) is 9.90 Å². The standard InChI is InChI=1S/C14H12O5/c15-10-6-7-12(18-9-14(16)17)13(8-10)19-11-4-2-1-3-5-11/h1-8,15H,9H2,(H,16,17). The number of aromatic hydroxyl groups is 1. The Kier molecular flexibility index (Phi) is 3.87. The molecule has 0 fully saturated rings. The lowest BCUT2D eigenvalue weighted by atomic mass is 10.3. The topological polar surface area (TPSA) is 76.0 Å². The maximum atomic E-state index is 10.5. The predicted octanol–water partition coefficient (Wildman–Crippen LogP) is 2.65. The molecule has 19 heavy (non-hydrogen) atoms. The molecular formula is C14H12O5. The molecule has 0 saturated carbocycles. The van der Waals surface area contributed by atoms with Crippen molar-refractivity contribution >= 4 is 5.97 Å². The van der Waals surface area contributed by atoms with Crippen LogP contribution < -0.4 is 9.47 Å². The van der Waals surface area contributed by atoms with Crippen LogP contribution in [0, 0.1) is 0 Å². The number of phenolic OH excluding ortho intramolecular Hbond substituents is 1. The molecule has 0 atom stereocenters. The number of ether oxygens (including phenoxy) is 2. The van der Waals surface area contributed by atoms with Crippen molar-refractivity contribution < 1.29 is 24.5 Å². The molecule has 0 radical (unpaired) electrons. The first-order chi connectivity index (χ1) is 9.15. The van der Waals surface area contributed by atoms with Crippen LogP contribution >= 0.6 is 0 Å². The van der Waals surface area contributed by atoms with Crippen LogP contribution in [0.25, 0.3) is 0 Å². The normalized spacial score (nSPS) is 9.89. The molecule has 0 amide bonds. The molecule has 0 aliphatic rings. The van der Waals surface area contributed by atoms with Crippen molar-refractivity contribution in [3.63, 3.8) is 0 Å². The Balaban J connectivity index is 2.22. The maximum Gasteiger partial charge on any atom is 0.341 e. The lowest BCUT2D eigenvalue weighted by Gasteiger charge is -2.11. The number of hydrogen-bond donors (Lipinski definition) is 2. The number of hydrogen-bond acceptors (Lipinski definition) is 4. The maximum absolute atomic E-state index is 10.5. The van der Waals surface area contributed by atoms with Gasteiger partial charge in [-0.25, -0.2) is 4.79 Å². The van der Waals surface area contributed by atoms with E-state index in [1.807, 2.05) is 6.07 Å². The summed E-state index contributed by atoms with van der Waals surface area (Å²) in [6.45, 7) is -0.476. The fourth-order valence-electron chi connectivity index (χ4n) is 1.45. The molecule has 0 heterocycles. The van der Waals surface area contributed by atoms with E-state index < -0.39 is 12.6 Å². The summed E-state index contributed by atoms with van der Waals surface area (Å²) >= 11 is 0. The average molecular weight is 260 g/mol. The number of benzene rings is 2. The van der Waals surface area contributed by atoms with Crippen LogP contribution in [0.15, 0.2) is 48.5 Å². The van der Waals surface area contributed by atoms with Gasteiger partial charge in [0.1, 0.15) is 11.5 Å². The zero-order valence-electron chi connectivity index (χ0n) is 9.95. The molecule has 0 saturated heterocycles. The van der Waals surface area contributed by atoms with E-state index in [0.717, 1.165) is 0 Å². The summed E-state index contributed by atoms with van der Waals surface area (Å²) in [7, 11) is 0. The number of aliphatic carboxylic acids is 1. The third-order valence-corrected chi connectivity index (χ3v) is 2.25. The third-order valence-electron chi connectivity index (χ3n) is 2.25. The molecule has 0 unspecified atom stereocenters. The molecule has 2 aromatic carbocycles. The first kappa shape index (κ1) is 12.8. The van der Waals surface area contributed by atoms with Gasteiger partial charge in [-0.05, 0) is 24.3 Å². The summed E-state index contributed by atoms with van der Waals surface area (Å²) in [5.41, 5.74) is 0. The molecule has 2 aromatic rings. The van der Waals surface area contributed by atoms with Crippen LogP contribution in [0.2, 0.25) is 0 Å². The van der Waals surface area contributed by atoms with Crippen LogP contribution in [0.4, 0.5) is 0 Å². The minimum Gasteiger partial charge on any atom is -0.508 e. The van der Waals surface area contributed by atoms with Gasteiger partial charge in [-0.15, -0.1) is 0 Å². The Bertz CT molecular complexity index is 565. The highest BCUT2D eigenvalue weighted by Gasteiger charge is 2.09. The van der Waals surface area contributed by atoms with Crippen molar-refractivity contribution in [1.82, 2.24) is 0 Å². The number of rotatable bonds is 5. The molecule has 2 N–H and O–H groups in total. The van der Waals surface area contributed by atoms with Gasteiger partial charge >= 0.3 is 5.97 Å². The van der Waals surface area contributed by atoms with Gasteiger partial charge < -0.3 is 19.7 Å². The van der Waals surface area contributed by atoms with E-state index in [0.29, 0.717) is 5.75 Å². The zero-order chi connectivity index (χ0) is 13.7. The van der Waals surface area contributed by atoms with E-state index in [2.05, 4.69) is 0 Å². The summed E-state index contributed by atoms with van der Waals surface area (Å²) in [4.78, 5) is 10.5. The van der Waals surface area contributed by atoms with Gasteiger partial charge in [0.15, 0.2) is 18.1 Å². The van der Waals surface area contributed by atoms with Gasteiger partial charge in [0.2, 0.25) is 0 Å². The molecule has 5 heteroatoms. The number of carboxylic acid groups (broad SMARTS) is 1. The summed E-state index contributed by atoms with van der Waals surface area (Å²) in [5, 5.41) is 18.0. The first-order valence-electron chi connectivity index (χ1n) is 5.55. The molecule has 0 aromatic heterocycles. The second-order valence-electron chi connectivity index (χ2n) is 3.73. The SMILES string of the molecule is O=C(O)COc1ccc(O)cc1Oc1ccccc1. The molecule has 0 bridgehead atoms. The summed E-state index contributed by atoms with van der Waals surface area (Å²) in [5.74, 6) is -0.00267. The quantitative estimate of drug-likeness (QED) is 0.864. The Morgan fingerprint density at radius 2 is 1.79 bits per heavy atom. The Labute approximate surface area is 109 Å². The van der Waals surface area contributed by atoms with Crippen molar-refractivity contribution in [1.29, 1.82) is 0 Å². The lowest BCUT2D eigenvalue weighted by molar-refractivity contribution is -0.139. The third kappa shape index (κ3) is 3.64. The van der Waals surface area contributed by atoms with Crippen molar-refractivity contribution in [3.8, 4) is 23.0 Å². The van der Waals surface area contributed by atoms with E-state index >= 15 is 0 Å². The summed E-state index contributed by atoms with van der Waals surface area (Å²) < 4.78 is 10.6. The second kappa shape index (κ2) is 5.77. The van der Waals surface area contributed by atoms with E-state index in [4.69, 9.17) is 14.6 Å². The first-order valence-corrected chi connectivity index (χ1v) is 5.55. The highest BCUT2D eigenvalue weighted by molar-refractivity contribution is 5.68. The highest BCUT2D eigenvalue weighted by Crippen LogP contribution is 2.34. The van der Waals surface area contributed by atoms with E-state index in [1.165, 1.54) is 18.2 Å². The molecule has 0 spiro atoms. The van der Waals surface area contributed by atoms with Gasteiger partial charge in [-0.1, -0.05) is 18.2 Å². The van der Waals surface area contributed by atoms with Crippen molar-refractivity contribution in [2.24, 2.45) is 0 Å². The fourth-order valence-corrected chi connectivity index (χ4v) is 1.45. The zero-order valence-corrected chi connectivity index (χ0v) is 9.95. The number of carbonyl (C=O) groups is 1. The lowest BCUT2D eigenvalue weighted by Crippen LogP contribution is -2.09. The van der Waals surface area contributed by atoms with Crippen molar-refractivity contribution in [2.45, 2.75) is 0 Å². The fraction of sp³-hybridized carbons (Fsp3) is 0.0714. The van der Waals surface area contributed by atoms with Gasteiger partial charge in [-0.2, -0.15) is 0 Å². The minimum atomic E-state index is -1.08. The average Bonchev–Trinajstić information content (AvgIpc) is 2.39. The molecule has 98 valence electrons. The Morgan fingerprint density at radius 1 is 1.05 bits per heavy atom. The van der Waals surface area contributed by atoms with Crippen LogP contribution in [0.3, 0.4) is 0 Å². The van der Waals surface area contributed by atoms with Crippen LogP contribution in [-0.2, 0) is 4.79 Å². The largest absolute Gasteiger partial charge is 0.508 e. The van der Waals surface area contributed by atoms with Crippen LogP contribution in [0.5, 0.6) is 23.0 Å². The summed E-state index contributed by atoms with van der Waals surface area (Å²) in [6.07, 6.45) is 0. The van der Waals surface area contributed by atoms with Gasteiger partial charge in [0, 0.05) is 6.07 Å². The highest BCUT2D eigenvalue weighted by atomic mass is 16.5. The monoisotopic (exact) mass is 260 g/mol. The predicted molar refractivity (Wildman–Crippen MR) is 67.8 cm³/mol. The Hall–Kier alpha value is -2.69. The molecule has 2 rings (SSSR count). The molecule has 0 aliphatic carbocycles. The van der Waals surface area contributed by atoms with E-state index in [1.54, 1.807) is 24.3 Å². The van der Waals surface area contributed by atoms with Crippen LogP contribution in [-0.4, -0.2) is 22.8 Å². The molecule has 0 aliphatic heterocycles. The summed E-state index contributed by atoms with van der Waals surface area (Å²) in [6, 6.07) is 13.1. The molecular weight excluding hydrogens is 248 g/mol. The Morgan fingerprint density at radius 3 is 2.47 bits per heavy atom. The van der Waals surface area contributed by atoms with Gasteiger partial charge in [0.25, 0.3) is 0 Å². The second-order valence-corrected chi connectivity index (χ2v) is 3.73. The van der Waals surface area contributed by atoms with Crippen LogP contribution in [0.1, 0.15) is 0 Å². The molecule has 5 nitrogen and oxygen atoms in total. The van der Waals surface area contributed by atoms with E-state index in [-0.39, 0.29) is 17.2 Å².